The zero-order valence-corrected chi connectivity index (χ0v) is 34.0. The van der Waals surface area contributed by atoms with Gasteiger partial charge in [0, 0.05) is 38.2 Å². The smallest absolute Gasteiger partial charge is 0.170 e. The molecule has 3 heterocycles. The molecule has 63 heavy (non-hydrogen) atoms. The molecule has 0 bridgehead atoms. The van der Waals surface area contributed by atoms with Gasteiger partial charge < -0.3 is 14.3 Å². The second kappa shape index (κ2) is 12.9. The van der Waals surface area contributed by atoms with E-state index in [9.17, 15) is 0 Å². The highest BCUT2D eigenvalue weighted by atomic mass is 16.3. The van der Waals surface area contributed by atoms with Crippen molar-refractivity contribution in [2.24, 2.45) is 9.98 Å². The summed E-state index contributed by atoms with van der Waals surface area (Å²) in [5, 5.41) is 8.06. The van der Waals surface area contributed by atoms with Gasteiger partial charge in [-0.1, -0.05) is 182 Å². The van der Waals surface area contributed by atoms with Gasteiger partial charge in [-0.15, -0.1) is 0 Å². The van der Waals surface area contributed by atoms with E-state index >= 15 is 0 Å². The van der Waals surface area contributed by atoms with Crippen LogP contribution in [0, 0.1) is 0 Å². The molecule has 0 atom stereocenters. The normalized spacial score (nSPS) is 14.7. The van der Waals surface area contributed by atoms with Gasteiger partial charge in [0.15, 0.2) is 11.7 Å². The molecule has 0 saturated heterocycles. The van der Waals surface area contributed by atoms with E-state index in [2.05, 4.69) is 174 Å². The number of amidine groups is 2. The second-order valence-electron chi connectivity index (χ2n) is 16.8. The molecule has 11 aromatic rings. The van der Waals surface area contributed by atoms with Crippen molar-refractivity contribution in [3.05, 3.63) is 245 Å². The first-order chi connectivity index (χ1) is 31.3. The van der Waals surface area contributed by atoms with Gasteiger partial charge in [0.25, 0.3) is 0 Å². The van der Waals surface area contributed by atoms with E-state index in [4.69, 9.17) is 14.4 Å². The lowest BCUT2D eigenvalue weighted by Crippen LogP contribution is -2.36. The summed E-state index contributed by atoms with van der Waals surface area (Å²) in [5.74, 6) is 1.56. The van der Waals surface area contributed by atoms with Gasteiger partial charge in [-0.05, 0) is 68.8 Å². The molecule has 2 aromatic heterocycles. The predicted octanol–water partition coefficient (Wildman–Crippen LogP) is 13.5. The third-order valence-electron chi connectivity index (χ3n) is 13.7. The molecule has 2 aliphatic carbocycles. The van der Waals surface area contributed by atoms with Crippen molar-refractivity contribution >= 4 is 55.4 Å². The number of rotatable bonds is 4. The number of aliphatic imine (C=N–C) groups is 2. The van der Waals surface area contributed by atoms with Crippen LogP contribution in [0.3, 0.4) is 0 Å². The Labute approximate surface area is 362 Å². The van der Waals surface area contributed by atoms with Crippen molar-refractivity contribution in [3.8, 4) is 27.9 Å². The Morgan fingerprint density at radius 1 is 0.444 bits per heavy atom. The summed E-state index contributed by atoms with van der Waals surface area (Å²) in [6.45, 7) is 0. The molecule has 5 nitrogen and oxygen atoms in total. The number of hydrogen-bond acceptors (Lipinski definition) is 4. The van der Waals surface area contributed by atoms with Crippen molar-refractivity contribution in [1.82, 2.24) is 9.88 Å². The second-order valence-corrected chi connectivity index (χ2v) is 16.8. The summed E-state index contributed by atoms with van der Waals surface area (Å²) in [6.07, 6.45) is -0.527. The lowest BCUT2D eigenvalue weighted by atomic mass is 9.70. The summed E-state index contributed by atoms with van der Waals surface area (Å²) in [4.78, 5) is 10.6. The first-order valence-electron chi connectivity index (χ1n) is 21.6. The molecule has 0 amide bonds. The van der Waals surface area contributed by atoms with Crippen LogP contribution in [0.2, 0.25) is 0 Å². The van der Waals surface area contributed by atoms with Gasteiger partial charge in [0.1, 0.15) is 17.3 Å². The maximum Gasteiger partial charge on any atom is 0.170 e. The summed E-state index contributed by atoms with van der Waals surface area (Å²) in [6, 6.07) is 74.1. The third kappa shape index (κ3) is 4.60. The largest absolute Gasteiger partial charge is 0.454 e. The summed E-state index contributed by atoms with van der Waals surface area (Å²) >= 11 is 0. The molecule has 9 aromatic carbocycles. The Kier molecular flexibility index (Phi) is 7.03. The lowest BCUT2D eigenvalue weighted by Gasteiger charge is -2.30. The summed E-state index contributed by atoms with van der Waals surface area (Å²) in [7, 11) is 0. The van der Waals surface area contributed by atoms with Crippen LogP contribution in [0.1, 0.15) is 45.1 Å². The van der Waals surface area contributed by atoms with Crippen molar-refractivity contribution < 1.29 is 4.42 Å². The zero-order valence-electron chi connectivity index (χ0n) is 34.0. The average molecular weight is 805 g/mol. The lowest BCUT2D eigenvalue weighted by molar-refractivity contribution is 0.665. The van der Waals surface area contributed by atoms with Crippen molar-refractivity contribution in [3.63, 3.8) is 0 Å². The highest BCUT2D eigenvalue weighted by Crippen LogP contribution is 2.64. The Balaban J connectivity index is 1.05. The molecule has 294 valence electrons. The van der Waals surface area contributed by atoms with Crippen molar-refractivity contribution in [2.45, 2.75) is 11.6 Å². The number of aromatic nitrogens is 1. The quantitative estimate of drug-likeness (QED) is 0.193. The molecule has 0 saturated carbocycles. The van der Waals surface area contributed by atoms with Crippen LogP contribution >= 0.6 is 0 Å². The Morgan fingerprint density at radius 3 is 1.68 bits per heavy atom. The molecule has 1 spiro atoms. The Hall–Kier alpha value is -8.28. The SMILES string of the molecule is c1ccc(C2=NC(c3ccc(-n4c5ccccc5c5c6c(ccc54)C4(c5ccccc5-c5ccccc54)c4ccccc4-6)c4oc5ccccc5c34)N=C(c3ccccc3)N2)cc1. The number of nitrogens with one attached hydrogen (secondary N) is 1. The monoisotopic (exact) mass is 804 g/mol. The summed E-state index contributed by atoms with van der Waals surface area (Å²) in [5.41, 5.74) is 17.9. The molecule has 5 heteroatoms. The maximum absolute atomic E-state index is 7.03. The predicted molar refractivity (Wildman–Crippen MR) is 256 cm³/mol. The standard InChI is InChI=1S/C58H36N4O/c1-3-17-35(18-4-1)55-59-56(36-19-5-2-6-20-36)61-57(60-55)42-31-33-49(54-51(42)41-25-11-16-30-50(41)63-54)62-47-29-15-10-24-40(47)53-48(62)34-32-46-52(53)39-23-9-14-28-45(39)58(46)43-26-12-7-21-37(43)38-22-8-13-27-44(38)58/h1-34,57H,(H,59,60,61). The van der Waals surface area contributed by atoms with E-state index in [1.54, 1.807) is 0 Å². The number of furan rings is 1. The van der Waals surface area contributed by atoms with Gasteiger partial charge >= 0.3 is 0 Å². The highest BCUT2D eigenvalue weighted by molar-refractivity contribution is 6.20. The molecular weight excluding hydrogens is 769 g/mol. The minimum absolute atomic E-state index is 0.433. The molecule has 1 aliphatic heterocycles. The van der Waals surface area contributed by atoms with Gasteiger partial charge in [-0.25, -0.2) is 9.98 Å². The van der Waals surface area contributed by atoms with Crippen molar-refractivity contribution in [1.29, 1.82) is 0 Å². The van der Waals surface area contributed by atoms with Crippen LogP contribution in [-0.4, -0.2) is 16.2 Å². The number of hydrogen-bond donors (Lipinski definition) is 1. The van der Waals surface area contributed by atoms with Gasteiger partial charge in [-0.3, -0.25) is 0 Å². The van der Waals surface area contributed by atoms with Crippen LogP contribution in [-0.2, 0) is 5.41 Å². The van der Waals surface area contributed by atoms with E-state index < -0.39 is 11.6 Å². The van der Waals surface area contributed by atoms with Crippen LogP contribution in [0.4, 0.5) is 0 Å². The maximum atomic E-state index is 7.03. The van der Waals surface area contributed by atoms with Crippen molar-refractivity contribution in [2.75, 3.05) is 0 Å². The minimum atomic E-state index is -0.527. The van der Waals surface area contributed by atoms with E-state index in [-0.39, 0.29) is 0 Å². The van der Waals surface area contributed by atoms with Crippen LogP contribution < -0.4 is 5.32 Å². The molecule has 3 aliphatic rings. The molecular formula is C58H36N4O. The first-order valence-corrected chi connectivity index (χ1v) is 21.6. The van der Waals surface area contributed by atoms with E-state index in [0.717, 1.165) is 67.0 Å². The molecule has 14 rings (SSSR count). The number of nitrogens with zero attached hydrogens (tertiary/aromatic N) is 3. The van der Waals surface area contributed by atoms with Crippen LogP contribution in [0.5, 0.6) is 0 Å². The highest BCUT2D eigenvalue weighted by Gasteiger charge is 2.52. The van der Waals surface area contributed by atoms with Gasteiger partial charge in [-0.2, -0.15) is 0 Å². The fraction of sp³-hybridized carbons (Fsp3) is 0.0345. The molecule has 0 unspecified atom stereocenters. The van der Waals surface area contributed by atoms with Gasteiger partial charge in [0.2, 0.25) is 0 Å². The fourth-order valence-electron chi connectivity index (χ4n) is 11.2. The van der Waals surface area contributed by atoms with E-state index in [1.807, 2.05) is 42.5 Å². The first kappa shape index (κ1) is 34.4. The topological polar surface area (TPSA) is 54.8 Å². The van der Waals surface area contributed by atoms with Crippen LogP contribution in [0.15, 0.2) is 221 Å². The zero-order chi connectivity index (χ0) is 41.2. The van der Waals surface area contributed by atoms with Gasteiger partial charge in [0.05, 0.1) is 22.1 Å². The number of para-hydroxylation sites is 2. The van der Waals surface area contributed by atoms with Crippen LogP contribution in [0.25, 0.3) is 71.7 Å². The number of benzene rings is 9. The molecule has 0 fully saturated rings. The molecule has 1 N–H and O–H groups in total. The Morgan fingerprint density at radius 2 is 1.00 bits per heavy atom. The molecule has 0 radical (unpaired) electrons. The Bertz CT molecular complexity index is 3680. The van der Waals surface area contributed by atoms with E-state index in [1.165, 1.54) is 55.3 Å². The minimum Gasteiger partial charge on any atom is -0.454 e. The third-order valence-corrected chi connectivity index (χ3v) is 13.7. The average Bonchev–Trinajstić information content (AvgIpc) is 4.08. The van der Waals surface area contributed by atoms with E-state index in [0.29, 0.717) is 0 Å². The fourth-order valence-corrected chi connectivity index (χ4v) is 11.2. The summed E-state index contributed by atoms with van der Waals surface area (Å²) < 4.78 is 9.45. The number of fused-ring (bicyclic) bond motifs is 17.